The van der Waals surface area contributed by atoms with E-state index in [0.29, 0.717) is 25.9 Å². The summed E-state index contributed by atoms with van der Waals surface area (Å²) in [7, 11) is 3.86. The summed E-state index contributed by atoms with van der Waals surface area (Å²) in [6.45, 7) is 2.60. The average molecular weight is 461 g/mol. The van der Waals surface area contributed by atoms with E-state index in [9.17, 15) is 9.59 Å². The van der Waals surface area contributed by atoms with E-state index in [4.69, 9.17) is 19.7 Å². The van der Waals surface area contributed by atoms with Crippen molar-refractivity contribution in [1.29, 1.82) is 0 Å². The van der Waals surface area contributed by atoms with Gasteiger partial charge in [0.2, 0.25) is 0 Å². The van der Waals surface area contributed by atoms with E-state index in [1.54, 1.807) is 0 Å². The topological polar surface area (TPSA) is 108 Å². The number of hydrogen-bond acceptors (Lipinski definition) is 7. The molecule has 0 radical (unpaired) electrons. The molecule has 1 amide bonds. The zero-order valence-electron chi connectivity index (χ0n) is 20.7. The molecule has 8 heteroatoms. The van der Waals surface area contributed by atoms with Gasteiger partial charge in [-0.3, -0.25) is 4.79 Å². The number of aliphatic hydroxyl groups excluding tert-OH is 2. The predicted molar refractivity (Wildman–Crippen MR) is 127 cm³/mol. The number of esters is 1. The second kappa shape index (κ2) is 21.5. The minimum atomic E-state index is -0.904. The normalized spacial score (nSPS) is 12.2. The number of unbranched alkanes of at least 4 members (excludes halogenated alkanes) is 9. The lowest BCUT2D eigenvalue weighted by Crippen LogP contribution is -2.34. The van der Waals surface area contributed by atoms with Crippen LogP contribution in [0.3, 0.4) is 0 Å². The first kappa shape index (κ1) is 30.6. The lowest BCUT2D eigenvalue weighted by Gasteiger charge is -2.19. The Morgan fingerprint density at radius 1 is 0.812 bits per heavy atom. The summed E-state index contributed by atoms with van der Waals surface area (Å²) in [5, 5.41) is 20.8. The maximum Gasteiger partial charge on any atom is 0.407 e. The molecule has 0 aliphatic rings. The third-order valence-electron chi connectivity index (χ3n) is 5.36. The number of amides is 1. The first-order valence-corrected chi connectivity index (χ1v) is 12.4. The second-order valence-electron chi connectivity index (χ2n) is 8.74. The van der Waals surface area contributed by atoms with Gasteiger partial charge in [-0.2, -0.15) is 0 Å². The van der Waals surface area contributed by atoms with Gasteiger partial charge in [0, 0.05) is 19.5 Å². The van der Waals surface area contributed by atoms with Crippen molar-refractivity contribution in [2.45, 2.75) is 103 Å². The summed E-state index contributed by atoms with van der Waals surface area (Å²) < 4.78 is 10.5. The molecule has 0 aliphatic heterocycles. The molecule has 0 aliphatic carbocycles. The van der Waals surface area contributed by atoms with Crippen LogP contribution in [0, 0.1) is 0 Å². The standard InChI is InChI=1S/C24H48N2O6/c1-4-5-6-7-8-9-10-11-12-13-14-21(32-24(30)25-17-18-26(2)3)15-16-23(29)31-22(19-27)20-28/h21-22,27-28H,4-20H2,1-3H3,(H,25,30). The number of alkyl carbamates (subject to hydrolysis) is 1. The van der Waals surface area contributed by atoms with Gasteiger partial charge in [0.15, 0.2) is 0 Å². The number of aliphatic hydroxyl groups is 2. The first-order chi connectivity index (χ1) is 15.4. The number of nitrogens with one attached hydrogen (secondary N) is 1. The zero-order chi connectivity index (χ0) is 24.0. The lowest BCUT2D eigenvalue weighted by atomic mass is 10.0. The van der Waals surface area contributed by atoms with Gasteiger partial charge in [0.05, 0.1) is 13.2 Å². The number of nitrogens with zero attached hydrogens (tertiary/aromatic N) is 1. The Hall–Kier alpha value is -1.38. The molecular weight excluding hydrogens is 412 g/mol. The number of carbonyl (C=O) groups excluding carboxylic acids is 2. The predicted octanol–water partition coefficient (Wildman–Crippen LogP) is 3.63. The maximum atomic E-state index is 12.1. The molecule has 1 atom stereocenters. The van der Waals surface area contributed by atoms with E-state index in [2.05, 4.69) is 12.2 Å². The van der Waals surface area contributed by atoms with E-state index >= 15 is 0 Å². The molecule has 3 N–H and O–H groups in total. The Kier molecular flexibility index (Phi) is 20.5. The fourth-order valence-electron chi connectivity index (χ4n) is 3.35. The number of carbonyl (C=O) groups is 2. The Morgan fingerprint density at radius 2 is 1.38 bits per heavy atom. The van der Waals surface area contributed by atoms with E-state index in [0.717, 1.165) is 12.8 Å². The fourth-order valence-corrected chi connectivity index (χ4v) is 3.35. The molecule has 0 rings (SSSR count). The zero-order valence-corrected chi connectivity index (χ0v) is 20.7. The Morgan fingerprint density at radius 3 is 1.91 bits per heavy atom. The highest BCUT2D eigenvalue weighted by Gasteiger charge is 2.18. The van der Waals surface area contributed by atoms with Crippen LogP contribution in [0.2, 0.25) is 0 Å². The monoisotopic (exact) mass is 460 g/mol. The van der Waals surface area contributed by atoms with Crippen LogP contribution >= 0.6 is 0 Å². The molecule has 0 bridgehead atoms. The molecule has 0 saturated heterocycles. The summed E-state index contributed by atoms with van der Waals surface area (Å²) in [6.07, 6.45) is 11.7. The number of ether oxygens (including phenoxy) is 2. The van der Waals surface area contributed by atoms with E-state index in [1.165, 1.54) is 51.4 Å². The molecule has 0 fully saturated rings. The van der Waals surface area contributed by atoms with E-state index in [-0.39, 0.29) is 12.5 Å². The molecule has 0 aromatic rings. The second-order valence-corrected chi connectivity index (χ2v) is 8.74. The molecule has 1 unspecified atom stereocenters. The summed E-state index contributed by atoms with van der Waals surface area (Å²) in [4.78, 5) is 26.0. The first-order valence-electron chi connectivity index (χ1n) is 12.4. The van der Waals surface area contributed by atoms with Gasteiger partial charge in [-0.05, 0) is 33.4 Å². The van der Waals surface area contributed by atoms with Crippen LogP contribution in [0.5, 0.6) is 0 Å². The van der Waals surface area contributed by atoms with Crippen LogP contribution < -0.4 is 5.32 Å². The molecule has 8 nitrogen and oxygen atoms in total. The van der Waals surface area contributed by atoms with E-state index in [1.807, 2.05) is 19.0 Å². The summed E-state index contributed by atoms with van der Waals surface area (Å²) in [5.41, 5.74) is 0. The lowest BCUT2D eigenvalue weighted by molar-refractivity contribution is -0.154. The smallest absolute Gasteiger partial charge is 0.407 e. The fraction of sp³-hybridized carbons (Fsp3) is 0.917. The van der Waals surface area contributed by atoms with Gasteiger partial charge in [-0.1, -0.05) is 64.7 Å². The van der Waals surface area contributed by atoms with Crippen molar-refractivity contribution < 1.29 is 29.3 Å². The molecular formula is C24H48N2O6. The van der Waals surface area contributed by atoms with Gasteiger partial charge < -0.3 is 29.9 Å². The van der Waals surface area contributed by atoms with Crippen molar-refractivity contribution in [3.8, 4) is 0 Å². The third kappa shape index (κ3) is 19.3. The van der Waals surface area contributed by atoms with Crippen LogP contribution in [-0.4, -0.2) is 79.8 Å². The van der Waals surface area contributed by atoms with Crippen LogP contribution in [0.25, 0.3) is 0 Å². The van der Waals surface area contributed by atoms with Crippen molar-refractivity contribution in [3.05, 3.63) is 0 Å². The molecule has 190 valence electrons. The molecule has 0 aromatic carbocycles. The molecule has 0 spiro atoms. The van der Waals surface area contributed by atoms with E-state index < -0.39 is 31.4 Å². The number of likely N-dealkylation sites (N-methyl/N-ethyl adjacent to an activating group) is 1. The highest BCUT2D eigenvalue weighted by Crippen LogP contribution is 2.16. The molecule has 0 heterocycles. The average Bonchev–Trinajstić information content (AvgIpc) is 2.76. The highest BCUT2D eigenvalue weighted by atomic mass is 16.6. The van der Waals surface area contributed by atoms with Gasteiger partial charge in [-0.15, -0.1) is 0 Å². The Labute approximate surface area is 195 Å². The summed E-state index contributed by atoms with van der Waals surface area (Å²) >= 11 is 0. The van der Waals surface area contributed by atoms with Crippen LogP contribution in [0.4, 0.5) is 4.79 Å². The molecule has 0 aromatic heterocycles. The largest absolute Gasteiger partial charge is 0.457 e. The van der Waals surface area contributed by atoms with Gasteiger partial charge in [-0.25, -0.2) is 4.79 Å². The Bertz CT molecular complexity index is 458. The van der Waals surface area contributed by atoms with Gasteiger partial charge in [0.1, 0.15) is 12.2 Å². The minimum absolute atomic E-state index is 0.0733. The maximum absolute atomic E-state index is 12.1. The number of hydrogen-bond donors (Lipinski definition) is 3. The highest BCUT2D eigenvalue weighted by molar-refractivity contribution is 5.70. The SMILES string of the molecule is CCCCCCCCCCCCC(CCC(=O)OC(CO)CO)OC(=O)NCCN(C)C. The number of rotatable bonds is 21. The van der Waals surface area contributed by atoms with Crippen molar-refractivity contribution in [1.82, 2.24) is 10.2 Å². The van der Waals surface area contributed by atoms with Crippen molar-refractivity contribution >= 4 is 12.1 Å². The van der Waals surface area contributed by atoms with Gasteiger partial charge in [0.25, 0.3) is 0 Å². The van der Waals surface area contributed by atoms with Crippen LogP contribution in [0.1, 0.15) is 90.4 Å². The van der Waals surface area contributed by atoms with Crippen LogP contribution in [-0.2, 0) is 14.3 Å². The third-order valence-corrected chi connectivity index (χ3v) is 5.36. The minimum Gasteiger partial charge on any atom is -0.457 e. The molecule has 32 heavy (non-hydrogen) atoms. The van der Waals surface area contributed by atoms with Crippen molar-refractivity contribution in [2.24, 2.45) is 0 Å². The Balaban J connectivity index is 4.26. The van der Waals surface area contributed by atoms with Crippen molar-refractivity contribution in [3.63, 3.8) is 0 Å². The summed E-state index contributed by atoms with van der Waals surface area (Å²) in [6, 6.07) is 0. The quantitative estimate of drug-likeness (QED) is 0.177. The van der Waals surface area contributed by atoms with Crippen molar-refractivity contribution in [2.75, 3.05) is 40.4 Å². The molecule has 0 saturated carbocycles. The summed E-state index contributed by atoms with van der Waals surface area (Å²) in [5.74, 6) is -0.511. The van der Waals surface area contributed by atoms with Gasteiger partial charge >= 0.3 is 12.1 Å². The van der Waals surface area contributed by atoms with Crippen LogP contribution in [0.15, 0.2) is 0 Å².